The molecule has 1 fully saturated rings. The number of carbonyl (C=O) groups excluding carboxylic acids is 1. The molecule has 1 aliphatic heterocycles. The number of hydrogen-bond donors (Lipinski definition) is 0. The van der Waals surface area contributed by atoms with E-state index in [0.29, 0.717) is 24.0 Å². The number of hydrogen-bond acceptors (Lipinski definition) is 7. The normalized spacial score (nSPS) is 14.9. The molecule has 0 unspecified atom stereocenters. The molecule has 0 radical (unpaired) electrons. The fraction of sp³-hybridized carbons (Fsp3) is 0.522. The first-order valence-corrected chi connectivity index (χ1v) is 12.1. The fourth-order valence-corrected chi connectivity index (χ4v) is 4.90. The van der Waals surface area contributed by atoms with E-state index in [1.165, 1.54) is 11.3 Å². The molecule has 1 aliphatic rings. The summed E-state index contributed by atoms with van der Waals surface area (Å²) in [6.07, 6.45) is 2.54. The second kappa shape index (κ2) is 10.4. The molecule has 0 bridgehead atoms. The summed E-state index contributed by atoms with van der Waals surface area (Å²) in [6.45, 7) is 11.5. The zero-order valence-corrected chi connectivity index (χ0v) is 19.8. The number of benzene rings is 1. The van der Waals surface area contributed by atoms with Gasteiger partial charge in [-0.1, -0.05) is 17.4 Å². The summed E-state index contributed by atoms with van der Waals surface area (Å²) in [5.74, 6) is 0.677. The molecule has 9 heteroatoms. The standard InChI is InChI=1S/C23H31N5O3S/c1-4-31-19-7-5-8-20-21(19)25-23(32-20)27(12-6-11-26-13-15-30-16-14-26)22(29)18-9-10-24-28(18)17(2)3/h5,7-10,17H,4,6,11-16H2,1-3H3. The topological polar surface area (TPSA) is 72.7 Å². The molecule has 0 N–H and O–H groups in total. The van der Waals surface area contributed by atoms with E-state index in [0.717, 1.165) is 55.2 Å². The lowest BCUT2D eigenvalue weighted by molar-refractivity contribution is 0.0376. The minimum Gasteiger partial charge on any atom is -0.492 e. The highest BCUT2D eigenvalue weighted by atomic mass is 32.1. The van der Waals surface area contributed by atoms with Gasteiger partial charge in [0.25, 0.3) is 5.91 Å². The molecule has 172 valence electrons. The Hall–Kier alpha value is -2.49. The van der Waals surface area contributed by atoms with Crippen molar-refractivity contribution in [2.24, 2.45) is 0 Å². The molecule has 0 spiro atoms. The Bertz CT molecular complexity index is 1040. The number of morpholine rings is 1. The first-order valence-electron chi connectivity index (χ1n) is 11.3. The third-order valence-corrected chi connectivity index (χ3v) is 6.53. The number of anilines is 1. The number of fused-ring (bicyclic) bond motifs is 1. The lowest BCUT2D eigenvalue weighted by atomic mass is 10.3. The number of nitrogens with zero attached hydrogens (tertiary/aromatic N) is 5. The Balaban J connectivity index is 1.62. The summed E-state index contributed by atoms with van der Waals surface area (Å²) in [6, 6.07) is 7.80. The third-order valence-electron chi connectivity index (χ3n) is 5.48. The second-order valence-corrected chi connectivity index (χ2v) is 9.06. The van der Waals surface area contributed by atoms with Crippen LogP contribution >= 0.6 is 11.3 Å². The first-order chi connectivity index (χ1) is 15.6. The average Bonchev–Trinajstić information content (AvgIpc) is 3.45. The van der Waals surface area contributed by atoms with Gasteiger partial charge in [-0.3, -0.25) is 19.3 Å². The van der Waals surface area contributed by atoms with Crippen LogP contribution < -0.4 is 9.64 Å². The Kier molecular flexibility index (Phi) is 7.39. The van der Waals surface area contributed by atoms with E-state index in [1.807, 2.05) is 39.0 Å². The SMILES string of the molecule is CCOc1cccc2sc(N(CCCN3CCOCC3)C(=O)c3ccnn3C(C)C)nc12. The molecule has 8 nitrogen and oxygen atoms in total. The lowest BCUT2D eigenvalue weighted by Crippen LogP contribution is -2.39. The number of thiazole rings is 1. The third kappa shape index (κ3) is 4.95. The van der Waals surface area contributed by atoms with Gasteiger partial charge in [0, 0.05) is 38.4 Å². The van der Waals surface area contributed by atoms with Gasteiger partial charge in [-0.05, 0) is 45.4 Å². The summed E-state index contributed by atoms with van der Waals surface area (Å²) in [5.41, 5.74) is 1.38. The van der Waals surface area contributed by atoms with Gasteiger partial charge in [0.15, 0.2) is 5.13 Å². The van der Waals surface area contributed by atoms with Gasteiger partial charge >= 0.3 is 0 Å². The first kappa shape index (κ1) is 22.7. The zero-order valence-electron chi connectivity index (χ0n) is 19.0. The summed E-state index contributed by atoms with van der Waals surface area (Å²) >= 11 is 1.52. The minimum absolute atomic E-state index is 0.0739. The van der Waals surface area contributed by atoms with Crippen LogP contribution in [0.15, 0.2) is 30.5 Å². The van der Waals surface area contributed by atoms with Crippen molar-refractivity contribution in [2.45, 2.75) is 33.2 Å². The van der Waals surface area contributed by atoms with Crippen molar-refractivity contribution < 1.29 is 14.3 Å². The Labute approximate surface area is 192 Å². The van der Waals surface area contributed by atoms with Crippen LogP contribution in [-0.4, -0.2) is 71.6 Å². The van der Waals surface area contributed by atoms with E-state index in [4.69, 9.17) is 14.5 Å². The van der Waals surface area contributed by atoms with Gasteiger partial charge in [-0.15, -0.1) is 0 Å². The molecule has 3 aromatic rings. The molecular weight excluding hydrogens is 426 g/mol. The Morgan fingerprint density at radius 3 is 2.84 bits per heavy atom. The number of para-hydroxylation sites is 1. The van der Waals surface area contributed by atoms with Gasteiger partial charge in [0.05, 0.1) is 24.5 Å². The van der Waals surface area contributed by atoms with E-state index in [1.54, 1.807) is 21.8 Å². The molecule has 1 saturated heterocycles. The van der Waals surface area contributed by atoms with Crippen LogP contribution in [0, 0.1) is 0 Å². The van der Waals surface area contributed by atoms with Crippen molar-refractivity contribution in [1.82, 2.24) is 19.7 Å². The molecular formula is C23H31N5O3S. The molecule has 4 rings (SSSR count). The van der Waals surface area contributed by atoms with Crippen LogP contribution in [0.2, 0.25) is 0 Å². The van der Waals surface area contributed by atoms with Crippen LogP contribution in [0.1, 0.15) is 43.7 Å². The van der Waals surface area contributed by atoms with Crippen molar-refractivity contribution in [3.05, 3.63) is 36.2 Å². The lowest BCUT2D eigenvalue weighted by Gasteiger charge is -2.28. The van der Waals surface area contributed by atoms with Crippen LogP contribution in [0.25, 0.3) is 10.2 Å². The summed E-state index contributed by atoms with van der Waals surface area (Å²) in [4.78, 5) is 22.7. The molecule has 32 heavy (non-hydrogen) atoms. The molecule has 0 atom stereocenters. The van der Waals surface area contributed by atoms with Crippen molar-refractivity contribution in [2.75, 3.05) is 50.9 Å². The molecule has 2 aromatic heterocycles. The van der Waals surface area contributed by atoms with Crippen LogP contribution in [0.3, 0.4) is 0 Å². The van der Waals surface area contributed by atoms with Gasteiger partial charge in [-0.25, -0.2) is 4.98 Å². The summed E-state index contributed by atoms with van der Waals surface area (Å²) in [7, 11) is 0. The molecule has 0 saturated carbocycles. The Morgan fingerprint density at radius 2 is 2.09 bits per heavy atom. The van der Waals surface area contributed by atoms with Crippen molar-refractivity contribution in [3.8, 4) is 5.75 Å². The highest BCUT2D eigenvalue weighted by Crippen LogP contribution is 2.35. The number of carbonyl (C=O) groups is 1. The van der Waals surface area contributed by atoms with Gasteiger partial charge in [0.1, 0.15) is 17.0 Å². The van der Waals surface area contributed by atoms with Crippen molar-refractivity contribution in [1.29, 1.82) is 0 Å². The van der Waals surface area contributed by atoms with E-state index in [9.17, 15) is 4.79 Å². The highest BCUT2D eigenvalue weighted by molar-refractivity contribution is 7.22. The van der Waals surface area contributed by atoms with Crippen molar-refractivity contribution in [3.63, 3.8) is 0 Å². The molecule has 1 amide bonds. The van der Waals surface area contributed by atoms with E-state index >= 15 is 0 Å². The van der Waals surface area contributed by atoms with Crippen LogP contribution in [-0.2, 0) is 4.74 Å². The quantitative estimate of drug-likeness (QED) is 0.486. The number of amides is 1. The molecule has 3 heterocycles. The monoisotopic (exact) mass is 457 g/mol. The predicted molar refractivity (Wildman–Crippen MR) is 127 cm³/mol. The zero-order chi connectivity index (χ0) is 22.5. The van der Waals surface area contributed by atoms with E-state index in [-0.39, 0.29) is 11.9 Å². The van der Waals surface area contributed by atoms with E-state index < -0.39 is 0 Å². The van der Waals surface area contributed by atoms with Gasteiger partial charge in [-0.2, -0.15) is 5.10 Å². The second-order valence-electron chi connectivity index (χ2n) is 8.05. The van der Waals surface area contributed by atoms with Gasteiger partial charge < -0.3 is 9.47 Å². The van der Waals surface area contributed by atoms with E-state index in [2.05, 4.69) is 10.00 Å². The van der Waals surface area contributed by atoms with Crippen molar-refractivity contribution >= 4 is 32.6 Å². The van der Waals surface area contributed by atoms with Gasteiger partial charge in [0.2, 0.25) is 0 Å². The summed E-state index contributed by atoms with van der Waals surface area (Å²) < 4.78 is 14.0. The fourth-order valence-electron chi connectivity index (χ4n) is 3.89. The van der Waals surface area contributed by atoms with Crippen LogP contribution in [0.5, 0.6) is 5.75 Å². The maximum absolute atomic E-state index is 13.7. The largest absolute Gasteiger partial charge is 0.492 e. The maximum Gasteiger partial charge on any atom is 0.278 e. The number of ether oxygens (including phenoxy) is 2. The van der Waals surface area contributed by atoms with Crippen LogP contribution in [0.4, 0.5) is 5.13 Å². The Morgan fingerprint density at radius 1 is 1.28 bits per heavy atom. The number of rotatable bonds is 9. The molecule has 1 aromatic carbocycles. The number of aromatic nitrogens is 3. The maximum atomic E-state index is 13.7. The predicted octanol–water partition coefficient (Wildman–Crippen LogP) is 3.84. The summed E-state index contributed by atoms with van der Waals surface area (Å²) in [5, 5.41) is 5.05. The minimum atomic E-state index is -0.0739. The highest BCUT2D eigenvalue weighted by Gasteiger charge is 2.25. The molecule has 0 aliphatic carbocycles. The smallest absolute Gasteiger partial charge is 0.278 e. The average molecular weight is 458 g/mol.